The van der Waals surface area contributed by atoms with Crippen molar-refractivity contribution in [3.63, 3.8) is 0 Å². The van der Waals surface area contributed by atoms with Crippen molar-refractivity contribution in [2.45, 2.75) is 6.61 Å². The lowest BCUT2D eigenvalue weighted by molar-refractivity contribution is 0.281. The predicted octanol–water partition coefficient (Wildman–Crippen LogP) is 3.61. The first-order chi connectivity index (χ1) is 7.31. The zero-order valence-electron chi connectivity index (χ0n) is 8.15. The van der Waals surface area contributed by atoms with Gasteiger partial charge in [-0.3, -0.25) is 0 Å². The zero-order chi connectivity index (χ0) is 10.7. The van der Waals surface area contributed by atoms with Crippen LogP contribution in [-0.2, 0) is 6.61 Å². The Morgan fingerprint density at radius 2 is 1.67 bits per heavy atom. The Hall–Kier alpha value is -1.12. The number of halogens is 1. The summed E-state index contributed by atoms with van der Waals surface area (Å²) in [5, 5.41) is 9.05. The number of hydrogen-bond donors (Lipinski definition) is 1. The van der Waals surface area contributed by atoms with Crippen molar-refractivity contribution >= 4 is 15.9 Å². The van der Waals surface area contributed by atoms with Crippen molar-refractivity contribution in [3.05, 3.63) is 58.6 Å². The second-order valence-electron chi connectivity index (χ2n) is 3.33. The highest BCUT2D eigenvalue weighted by Gasteiger charge is 2.01. The van der Waals surface area contributed by atoms with E-state index in [0.717, 1.165) is 15.6 Å². The summed E-state index contributed by atoms with van der Waals surface area (Å²) in [5.41, 5.74) is 3.25. The molecule has 2 rings (SSSR count). The second kappa shape index (κ2) is 4.60. The number of benzene rings is 2. The molecule has 0 aliphatic carbocycles. The van der Waals surface area contributed by atoms with E-state index in [-0.39, 0.29) is 6.61 Å². The molecule has 0 amide bonds. The van der Waals surface area contributed by atoms with E-state index in [0.29, 0.717) is 0 Å². The van der Waals surface area contributed by atoms with E-state index in [1.807, 2.05) is 36.4 Å². The Morgan fingerprint density at radius 1 is 0.933 bits per heavy atom. The molecule has 15 heavy (non-hydrogen) atoms. The Balaban J connectivity index is 2.43. The van der Waals surface area contributed by atoms with Gasteiger partial charge in [-0.15, -0.1) is 0 Å². The fourth-order valence-corrected chi connectivity index (χ4v) is 1.99. The normalized spacial score (nSPS) is 10.3. The minimum atomic E-state index is 0.0651. The molecular weight excluding hydrogens is 252 g/mol. The van der Waals surface area contributed by atoms with Crippen LogP contribution in [0.2, 0.25) is 0 Å². The Morgan fingerprint density at radius 3 is 2.27 bits per heavy atom. The lowest BCUT2D eigenvalue weighted by Gasteiger charge is -2.05. The number of rotatable bonds is 2. The summed E-state index contributed by atoms with van der Waals surface area (Å²) in [6, 6.07) is 16.2. The molecule has 0 radical (unpaired) electrons. The van der Waals surface area contributed by atoms with Crippen LogP contribution in [0, 0.1) is 0 Å². The topological polar surface area (TPSA) is 20.2 Å². The van der Waals surface area contributed by atoms with E-state index in [1.165, 1.54) is 5.56 Å². The van der Waals surface area contributed by atoms with Crippen LogP contribution >= 0.6 is 15.9 Å². The maximum atomic E-state index is 9.05. The average Bonchev–Trinajstić information content (AvgIpc) is 2.30. The first-order valence-electron chi connectivity index (χ1n) is 4.76. The van der Waals surface area contributed by atoms with Crippen LogP contribution in [0.4, 0.5) is 0 Å². The largest absolute Gasteiger partial charge is 0.392 e. The first-order valence-corrected chi connectivity index (χ1v) is 5.55. The van der Waals surface area contributed by atoms with Gasteiger partial charge in [0, 0.05) is 4.47 Å². The minimum Gasteiger partial charge on any atom is -0.392 e. The number of aliphatic hydroxyl groups is 1. The van der Waals surface area contributed by atoms with Crippen LogP contribution in [0.25, 0.3) is 11.1 Å². The fourth-order valence-electron chi connectivity index (χ4n) is 1.49. The van der Waals surface area contributed by atoms with E-state index in [2.05, 4.69) is 28.1 Å². The molecule has 0 aliphatic rings. The molecule has 0 fully saturated rings. The summed E-state index contributed by atoms with van der Waals surface area (Å²) in [6.07, 6.45) is 0. The van der Waals surface area contributed by atoms with Crippen molar-refractivity contribution in [1.82, 2.24) is 0 Å². The Kier molecular flexibility index (Phi) is 3.19. The third-order valence-electron chi connectivity index (χ3n) is 2.33. The molecule has 0 heterocycles. The van der Waals surface area contributed by atoms with Crippen molar-refractivity contribution in [3.8, 4) is 11.1 Å². The van der Waals surface area contributed by atoms with Gasteiger partial charge in [-0.25, -0.2) is 0 Å². The molecule has 76 valence electrons. The number of hydrogen-bond acceptors (Lipinski definition) is 1. The predicted molar refractivity (Wildman–Crippen MR) is 65.5 cm³/mol. The first kappa shape index (κ1) is 10.4. The summed E-state index contributed by atoms with van der Waals surface area (Å²) in [4.78, 5) is 0. The van der Waals surface area contributed by atoms with Gasteiger partial charge >= 0.3 is 0 Å². The second-order valence-corrected chi connectivity index (χ2v) is 4.18. The average molecular weight is 263 g/mol. The van der Waals surface area contributed by atoms with Crippen LogP contribution < -0.4 is 0 Å². The molecule has 0 saturated carbocycles. The van der Waals surface area contributed by atoms with Gasteiger partial charge in [-0.05, 0) is 22.8 Å². The van der Waals surface area contributed by atoms with Gasteiger partial charge in [0.05, 0.1) is 6.61 Å². The molecule has 2 heteroatoms. The minimum absolute atomic E-state index is 0.0651. The standard InChI is InChI=1S/C13H11BrO/c14-13-8-11(6-7-12(13)9-15)10-4-2-1-3-5-10/h1-8,15H,9H2. The van der Waals surface area contributed by atoms with E-state index in [1.54, 1.807) is 0 Å². The molecule has 0 unspecified atom stereocenters. The van der Waals surface area contributed by atoms with Crippen molar-refractivity contribution in [2.24, 2.45) is 0 Å². The zero-order valence-corrected chi connectivity index (χ0v) is 9.74. The quantitative estimate of drug-likeness (QED) is 0.877. The molecular formula is C13H11BrO. The number of aliphatic hydroxyl groups excluding tert-OH is 1. The van der Waals surface area contributed by atoms with Crippen LogP contribution in [0.1, 0.15) is 5.56 Å². The highest BCUT2D eigenvalue weighted by Crippen LogP contribution is 2.25. The fraction of sp³-hybridized carbons (Fsp3) is 0.0769. The summed E-state index contributed by atoms with van der Waals surface area (Å²) in [6.45, 7) is 0.0651. The van der Waals surface area contributed by atoms with Gasteiger partial charge in [0.2, 0.25) is 0 Å². The van der Waals surface area contributed by atoms with Crippen molar-refractivity contribution < 1.29 is 5.11 Å². The molecule has 0 atom stereocenters. The molecule has 0 saturated heterocycles. The lowest BCUT2D eigenvalue weighted by atomic mass is 10.0. The molecule has 2 aromatic rings. The highest BCUT2D eigenvalue weighted by molar-refractivity contribution is 9.10. The maximum Gasteiger partial charge on any atom is 0.0692 e. The van der Waals surface area contributed by atoms with E-state index < -0.39 is 0 Å². The van der Waals surface area contributed by atoms with Gasteiger partial charge in [-0.2, -0.15) is 0 Å². The Bertz CT molecular complexity index is 451. The van der Waals surface area contributed by atoms with E-state index in [9.17, 15) is 0 Å². The van der Waals surface area contributed by atoms with E-state index >= 15 is 0 Å². The molecule has 1 nitrogen and oxygen atoms in total. The highest BCUT2D eigenvalue weighted by atomic mass is 79.9. The van der Waals surface area contributed by atoms with Gasteiger partial charge < -0.3 is 5.11 Å². The SMILES string of the molecule is OCc1ccc(-c2ccccc2)cc1Br. The Labute approximate surface area is 97.5 Å². The summed E-state index contributed by atoms with van der Waals surface area (Å²) < 4.78 is 0.950. The van der Waals surface area contributed by atoms with E-state index in [4.69, 9.17) is 5.11 Å². The maximum absolute atomic E-state index is 9.05. The molecule has 0 bridgehead atoms. The van der Waals surface area contributed by atoms with Gasteiger partial charge in [0.25, 0.3) is 0 Å². The monoisotopic (exact) mass is 262 g/mol. The van der Waals surface area contributed by atoms with Crippen LogP contribution in [0.15, 0.2) is 53.0 Å². The third kappa shape index (κ3) is 2.28. The van der Waals surface area contributed by atoms with Crippen molar-refractivity contribution in [1.29, 1.82) is 0 Å². The molecule has 1 N–H and O–H groups in total. The lowest BCUT2D eigenvalue weighted by Crippen LogP contribution is -1.86. The summed E-state index contributed by atoms with van der Waals surface area (Å²) in [7, 11) is 0. The summed E-state index contributed by atoms with van der Waals surface area (Å²) in [5.74, 6) is 0. The summed E-state index contributed by atoms with van der Waals surface area (Å²) >= 11 is 3.44. The van der Waals surface area contributed by atoms with Gasteiger partial charge in [0.15, 0.2) is 0 Å². The molecule has 0 aliphatic heterocycles. The van der Waals surface area contributed by atoms with Crippen LogP contribution in [-0.4, -0.2) is 5.11 Å². The smallest absolute Gasteiger partial charge is 0.0692 e. The van der Waals surface area contributed by atoms with Gasteiger partial charge in [-0.1, -0.05) is 58.4 Å². The molecule has 2 aromatic carbocycles. The van der Waals surface area contributed by atoms with Crippen LogP contribution in [0.3, 0.4) is 0 Å². The van der Waals surface area contributed by atoms with Crippen LogP contribution in [0.5, 0.6) is 0 Å². The third-order valence-corrected chi connectivity index (χ3v) is 3.07. The van der Waals surface area contributed by atoms with Gasteiger partial charge in [0.1, 0.15) is 0 Å². The molecule has 0 spiro atoms. The molecule has 0 aromatic heterocycles. The van der Waals surface area contributed by atoms with Crippen molar-refractivity contribution in [2.75, 3.05) is 0 Å².